The van der Waals surface area contributed by atoms with E-state index >= 15 is 0 Å². The summed E-state index contributed by atoms with van der Waals surface area (Å²) in [4.78, 5) is 18.0. The first-order chi connectivity index (χ1) is 9.60. The van der Waals surface area contributed by atoms with Gasteiger partial charge in [0.05, 0.1) is 4.92 Å². The molecule has 1 heterocycles. The van der Waals surface area contributed by atoms with Gasteiger partial charge in [0, 0.05) is 11.0 Å². The molecule has 0 radical (unpaired) electrons. The molecule has 2 rings (SSSR count). The molecule has 0 fully saturated rings. The molecule has 4 N–H and O–H groups in total. The van der Waals surface area contributed by atoms with Crippen LogP contribution in [0.25, 0.3) is 0 Å². The highest BCUT2D eigenvalue weighted by Crippen LogP contribution is 2.22. The number of hydrogen-bond donors (Lipinski definition) is 3. The average Bonchev–Trinajstić information content (AvgIpc) is 2.46. The van der Waals surface area contributed by atoms with Crippen LogP contribution in [0.5, 0.6) is 0 Å². The monoisotopic (exact) mass is 338 g/mol. The Kier molecular flexibility index (Phi) is 4.43. The Hall–Kier alpha value is -2.26. The van der Waals surface area contributed by atoms with Crippen molar-refractivity contribution in [1.29, 1.82) is 0 Å². The number of hydrazine groups is 1. The topological polar surface area (TPSA) is 119 Å². The van der Waals surface area contributed by atoms with Gasteiger partial charge in [-0.25, -0.2) is 10.8 Å². The Morgan fingerprint density at radius 1 is 1.35 bits per heavy atom. The third-order valence-electron chi connectivity index (χ3n) is 2.47. The smallest absolute Gasteiger partial charge is 0.329 e. The first-order valence-electron chi connectivity index (χ1n) is 5.56. The summed E-state index contributed by atoms with van der Waals surface area (Å²) in [5.74, 6) is 5.41. The van der Waals surface area contributed by atoms with Gasteiger partial charge in [-0.05, 0) is 17.7 Å². The lowest BCUT2D eigenvalue weighted by Crippen LogP contribution is -2.13. The zero-order chi connectivity index (χ0) is 14.5. The molecule has 1 aromatic heterocycles. The molecule has 1 aromatic carbocycles. The number of hydrogen-bond acceptors (Lipinski definition) is 7. The van der Waals surface area contributed by atoms with E-state index in [4.69, 9.17) is 5.84 Å². The second-order valence-corrected chi connectivity index (χ2v) is 4.72. The predicted molar refractivity (Wildman–Crippen MR) is 78.0 cm³/mol. The van der Waals surface area contributed by atoms with Crippen molar-refractivity contribution in [3.63, 3.8) is 0 Å². The van der Waals surface area contributed by atoms with Crippen LogP contribution in [0.2, 0.25) is 0 Å². The molecule has 104 valence electrons. The number of aromatic nitrogens is 2. The van der Waals surface area contributed by atoms with Crippen molar-refractivity contribution < 1.29 is 4.92 Å². The number of nitro groups is 1. The van der Waals surface area contributed by atoms with Gasteiger partial charge in [-0.2, -0.15) is 4.98 Å². The molecular weight excluding hydrogens is 328 g/mol. The number of rotatable bonds is 5. The number of nitrogen functional groups attached to an aromatic ring is 1. The van der Waals surface area contributed by atoms with Gasteiger partial charge < -0.3 is 5.32 Å². The number of benzene rings is 1. The third-order valence-corrected chi connectivity index (χ3v) is 3.00. The molecule has 0 saturated heterocycles. The minimum absolute atomic E-state index is 0.105. The minimum atomic E-state index is -0.551. The number of nitrogens with two attached hydrogens (primary N) is 1. The van der Waals surface area contributed by atoms with Crippen LogP contribution in [-0.2, 0) is 6.54 Å². The lowest BCUT2D eigenvalue weighted by atomic mass is 10.2. The average molecular weight is 339 g/mol. The predicted octanol–water partition coefficient (Wildman–Crippen LogP) is 2.04. The second-order valence-electron chi connectivity index (χ2n) is 3.81. The first kappa shape index (κ1) is 14.2. The van der Waals surface area contributed by atoms with Crippen LogP contribution in [0.4, 0.5) is 17.5 Å². The molecule has 9 heteroatoms. The molecule has 0 atom stereocenters. The van der Waals surface area contributed by atoms with Crippen LogP contribution in [0.3, 0.4) is 0 Å². The fourth-order valence-corrected chi connectivity index (χ4v) is 1.76. The van der Waals surface area contributed by atoms with Crippen LogP contribution in [-0.4, -0.2) is 14.9 Å². The normalized spacial score (nSPS) is 10.1. The minimum Gasteiger partial charge on any atom is -0.360 e. The molecule has 0 aliphatic carbocycles. The van der Waals surface area contributed by atoms with E-state index in [1.165, 1.54) is 0 Å². The van der Waals surface area contributed by atoms with Gasteiger partial charge in [-0.15, -0.1) is 0 Å². The van der Waals surface area contributed by atoms with E-state index in [2.05, 4.69) is 36.6 Å². The van der Waals surface area contributed by atoms with Crippen molar-refractivity contribution in [3.8, 4) is 0 Å². The molecule has 20 heavy (non-hydrogen) atoms. The highest BCUT2D eigenvalue weighted by molar-refractivity contribution is 9.10. The summed E-state index contributed by atoms with van der Waals surface area (Å²) >= 11 is 3.34. The Morgan fingerprint density at radius 3 is 2.65 bits per heavy atom. The van der Waals surface area contributed by atoms with Crippen LogP contribution in [0.1, 0.15) is 5.56 Å². The number of nitrogens with zero attached hydrogens (tertiary/aromatic N) is 3. The van der Waals surface area contributed by atoms with Gasteiger partial charge in [-0.3, -0.25) is 15.5 Å². The van der Waals surface area contributed by atoms with Crippen molar-refractivity contribution in [3.05, 3.63) is 50.6 Å². The van der Waals surface area contributed by atoms with E-state index < -0.39 is 4.92 Å². The number of halogens is 1. The van der Waals surface area contributed by atoms with Crippen LogP contribution in [0.15, 0.2) is 34.9 Å². The van der Waals surface area contributed by atoms with E-state index in [1.54, 1.807) is 0 Å². The summed E-state index contributed by atoms with van der Waals surface area (Å²) in [5, 5.41) is 13.8. The summed E-state index contributed by atoms with van der Waals surface area (Å²) < 4.78 is 0.962. The summed E-state index contributed by atoms with van der Waals surface area (Å²) in [6, 6.07) is 7.56. The highest BCUT2D eigenvalue weighted by atomic mass is 79.9. The number of nitrogens with one attached hydrogen (secondary N) is 2. The molecule has 2 aromatic rings. The Bertz CT molecular complexity index is 619. The number of anilines is 2. The quantitative estimate of drug-likeness (QED) is 0.433. The molecule has 0 aliphatic rings. The SMILES string of the molecule is NNc1ncc([N+](=O)[O-])c(NCc2ccc(Br)cc2)n1. The van der Waals surface area contributed by atoms with Crippen molar-refractivity contribution in [2.75, 3.05) is 10.7 Å². The fourth-order valence-electron chi connectivity index (χ4n) is 1.50. The lowest BCUT2D eigenvalue weighted by Gasteiger charge is -2.07. The van der Waals surface area contributed by atoms with Gasteiger partial charge in [0.2, 0.25) is 11.8 Å². The van der Waals surface area contributed by atoms with E-state index in [1.807, 2.05) is 24.3 Å². The Morgan fingerprint density at radius 2 is 2.05 bits per heavy atom. The second kappa shape index (κ2) is 6.26. The fraction of sp³-hybridized carbons (Fsp3) is 0.0909. The zero-order valence-electron chi connectivity index (χ0n) is 10.2. The molecule has 0 saturated carbocycles. The van der Waals surface area contributed by atoms with Crippen molar-refractivity contribution in [2.45, 2.75) is 6.54 Å². The maximum absolute atomic E-state index is 10.9. The third kappa shape index (κ3) is 3.39. The van der Waals surface area contributed by atoms with Crippen molar-refractivity contribution in [2.24, 2.45) is 5.84 Å². The summed E-state index contributed by atoms with van der Waals surface area (Å²) in [6.07, 6.45) is 1.10. The highest BCUT2D eigenvalue weighted by Gasteiger charge is 2.16. The molecular formula is C11H11BrN6O2. The molecule has 8 nitrogen and oxygen atoms in total. The summed E-state index contributed by atoms with van der Waals surface area (Å²) in [5.41, 5.74) is 3.00. The lowest BCUT2D eigenvalue weighted by molar-refractivity contribution is -0.384. The van der Waals surface area contributed by atoms with Crippen molar-refractivity contribution >= 4 is 33.4 Å². The Labute approximate surface area is 122 Å². The molecule has 0 amide bonds. The van der Waals surface area contributed by atoms with Crippen LogP contribution < -0.4 is 16.6 Å². The van der Waals surface area contributed by atoms with Crippen LogP contribution >= 0.6 is 15.9 Å². The van der Waals surface area contributed by atoms with E-state index in [0.717, 1.165) is 16.2 Å². The molecule has 0 aliphatic heterocycles. The van der Waals surface area contributed by atoms with Crippen LogP contribution in [0, 0.1) is 10.1 Å². The van der Waals surface area contributed by atoms with Gasteiger partial charge in [0.1, 0.15) is 6.20 Å². The molecule has 0 spiro atoms. The first-order valence-corrected chi connectivity index (χ1v) is 6.36. The molecule has 0 unspecified atom stereocenters. The van der Waals surface area contributed by atoms with Gasteiger partial charge in [0.15, 0.2) is 0 Å². The zero-order valence-corrected chi connectivity index (χ0v) is 11.8. The van der Waals surface area contributed by atoms with Gasteiger partial charge in [0.25, 0.3) is 0 Å². The summed E-state index contributed by atoms with van der Waals surface area (Å²) in [7, 11) is 0. The van der Waals surface area contributed by atoms with E-state index in [0.29, 0.717) is 6.54 Å². The van der Waals surface area contributed by atoms with Gasteiger partial charge >= 0.3 is 5.69 Å². The largest absolute Gasteiger partial charge is 0.360 e. The summed E-state index contributed by atoms with van der Waals surface area (Å²) in [6.45, 7) is 0.398. The van der Waals surface area contributed by atoms with E-state index in [9.17, 15) is 10.1 Å². The standard InChI is InChI=1S/C11H11BrN6O2/c12-8-3-1-7(2-4-8)5-14-10-9(18(19)20)6-15-11(16-10)17-13/h1-4,6H,5,13H2,(H2,14,15,16,17). The van der Waals surface area contributed by atoms with E-state index in [-0.39, 0.29) is 17.5 Å². The Balaban J connectivity index is 2.18. The maximum Gasteiger partial charge on any atom is 0.329 e. The van der Waals surface area contributed by atoms with Gasteiger partial charge in [-0.1, -0.05) is 28.1 Å². The molecule has 0 bridgehead atoms. The van der Waals surface area contributed by atoms with Crippen molar-refractivity contribution in [1.82, 2.24) is 9.97 Å². The maximum atomic E-state index is 10.9.